The molecule has 6 heteroatoms. The molecule has 0 amide bonds. The van der Waals surface area contributed by atoms with Crippen LogP contribution in [0.2, 0.25) is 0 Å². The smallest absolute Gasteiger partial charge is 0.261 e. The van der Waals surface area contributed by atoms with Gasteiger partial charge in [-0.05, 0) is 79.9 Å². The van der Waals surface area contributed by atoms with E-state index in [2.05, 4.69) is 15.8 Å². The second kappa shape index (κ2) is 7.04. The van der Waals surface area contributed by atoms with Crippen molar-refractivity contribution in [3.05, 3.63) is 77.4 Å². The highest BCUT2D eigenvalue weighted by molar-refractivity contribution is 7.92. The van der Waals surface area contributed by atoms with Gasteiger partial charge in [0.25, 0.3) is 10.0 Å². The maximum Gasteiger partial charge on any atom is 0.261 e. The van der Waals surface area contributed by atoms with Crippen LogP contribution < -0.4 is 4.72 Å². The Hall–Kier alpha value is -2.70. The third-order valence-corrected chi connectivity index (χ3v) is 7.25. The predicted octanol–water partition coefficient (Wildman–Crippen LogP) is 5.69. The van der Waals surface area contributed by atoms with E-state index in [0.717, 1.165) is 37.5 Å². The van der Waals surface area contributed by atoms with Crippen LogP contribution >= 0.6 is 11.3 Å². The highest BCUT2D eigenvalue weighted by Gasteiger charge is 2.16. The molecule has 3 aromatic carbocycles. The number of nitrogens with one attached hydrogen (secondary N) is 1. The molecule has 1 N–H and O–H groups in total. The molecule has 0 saturated heterocycles. The molecule has 4 aromatic rings. The van der Waals surface area contributed by atoms with Gasteiger partial charge in [-0.3, -0.25) is 4.72 Å². The van der Waals surface area contributed by atoms with Crippen LogP contribution in [0.5, 0.6) is 0 Å². The number of aryl methyl sites for hydroxylation is 3. The fourth-order valence-electron chi connectivity index (χ4n) is 2.99. The van der Waals surface area contributed by atoms with Crippen LogP contribution in [-0.2, 0) is 10.0 Å². The van der Waals surface area contributed by atoms with Gasteiger partial charge in [-0.2, -0.15) is 0 Å². The van der Waals surface area contributed by atoms with Crippen LogP contribution in [0.4, 0.5) is 5.69 Å². The van der Waals surface area contributed by atoms with Gasteiger partial charge in [-0.15, -0.1) is 11.3 Å². The third kappa shape index (κ3) is 3.53. The number of thiazole rings is 1. The summed E-state index contributed by atoms with van der Waals surface area (Å²) in [6.45, 7) is 5.77. The molecule has 4 nitrogen and oxygen atoms in total. The number of rotatable bonds is 4. The average molecular weight is 409 g/mol. The van der Waals surface area contributed by atoms with E-state index in [9.17, 15) is 8.42 Å². The summed E-state index contributed by atoms with van der Waals surface area (Å²) >= 11 is 1.63. The van der Waals surface area contributed by atoms with Crippen molar-refractivity contribution in [3.8, 4) is 10.6 Å². The number of aromatic nitrogens is 1. The van der Waals surface area contributed by atoms with Gasteiger partial charge in [-0.25, -0.2) is 13.4 Å². The summed E-state index contributed by atoms with van der Waals surface area (Å²) < 4.78 is 29.4. The number of hydrogen-bond acceptors (Lipinski definition) is 4. The normalized spacial score (nSPS) is 11.7. The Bertz CT molecular complexity index is 1260. The summed E-state index contributed by atoms with van der Waals surface area (Å²) in [7, 11) is -3.64. The van der Waals surface area contributed by atoms with Crippen molar-refractivity contribution in [3.63, 3.8) is 0 Å². The Morgan fingerprint density at radius 3 is 2.36 bits per heavy atom. The first-order chi connectivity index (χ1) is 13.3. The molecule has 0 unspecified atom stereocenters. The van der Waals surface area contributed by atoms with Crippen molar-refractivity contribution in [1.29, 1.82) is 0 Å². The Kier molecular flexibility index (Phi) is 4.69. The Labute approximate surface area is 168 Å². The predicted molar refractivity (Wildman–Crippen MR) is 117 cm³/mol. The lowest BCUT2D eigenvalue weighted by Gasteiger charge is -2.12. The van der Waals surface area contributed by atoms with E-state index in [4.69, 9.17) is 0 Å². The molecule has 0 saturated carbocycles. The van der Waals surface area contributed by atoms with Gasteiger partial charge in [-0.1, -0.05) is 18.2 Å². The highest BCUT2D eigenvalue weighted by atomic mass is 32.2. The molecule has 4 rings (SSSR count). The minimum atomic E-state index is -3.64. The lowest BCUT2D eigenvalue weighted by Crippen LogP contribution is -2.14. The summed E-state index contributed by atoms with van der Waals surface area (Å²) in [5, 5.41) is 0.924. The van der Waals surface area contributed by atoms with Crippen molar-refractivity contribution in [2.75, 3.05) is 4.72 Å². The SMILES string of the molecule is Cc1ccc(S(=O)(=O)Nc2ccc(-c3nc4ccccc4s3)cc2C)cc1C. The number of para-hydroxylation sites is 1. The zero-order valence-electron chi connectivity index (χ0n) is 15.9. The first-order valence-corrected chi connectivity index (χ1v) is 11.2. The fraction of sp³-hybridized carbons (Fsp3) is 0.136. The molecule has 1 aromatic heterocycles. The van der Waals surface area contributed by atoms with Crippen molar-refractivity contribution >= 4 is 37.3 Å². The molecule has 0 atom stereocenters. The highest BCUT2D eigenvalue weighted by Crippen LogP contribution is 2.32. The number of sulfonamides is 1. The lowest BCUT2D eigenvalue weighted by atomic mass is 10.1. The molecule has 0 aliphatic carbocycles. The third-order valence-electron chi connectivity index (χ3n) is 4.80. The molecule has 0 bridgehead atoms. The summed E-state index contributed by atoms with van der Waals surface area (Å²) in [4.78, 5) is 4.94. The summed E-state index contributed by atoms with van der Waals surface area (Å²) in [6.07, 6.45) is 0. The number of nitrogens with zero attached hydrogens (tertiary/aromatic N) is 1. The maximum absolute atomic E-state index is 12.8. The molecular weight excluding hydrogens is 388 g/mol. The van der Waals surface area contributed by atoms with E-state index in [1.807, 2.05) is 57.2 Å². The number of fused-ring (bicyclic) bond motifs is 1. The molecule has 0 radical (unpaired) electrons. The molecule has 0 spiro atoms. The summed E-state index contributed by atoms with van der Waals surface area (Å²) in [5.41, 5.74) is 5.39. The van der Waals surface area contributed by atoms with Crippen LogP contribution in [-0.4, -0.2) is 13.4 Å². The Morgan fingerprint density at radius 2 is 1.64 bits per heavy atom. The largest absolute Gasteiger partial charge is 0.279 e. The van der Waals surface area contributed by atoms with Crippen LogP contribution in [0.1, 0.15) is 16.7 Å². The average Bonchev–Trinajstić information content (AvgIpc) is 3.09. The summed E-state index contributed by atoms with van der Waals surface area (Å²) in [6, 6.07) is 18.9. The Morgan fingerprint density at radius 1 is 0.857 bits per heavy atom. The molecule has 0 aliphatic heterocycles. The molecule has 0 fully saturated rings. The number of benzene rings is 3. The molecule has 0 aliphatic rings. The van der Waals surface area contributed by atoms with Crippen LogP contribution in [0.3, 0.4) is 0 Å². The van der Waals surface area contributed by atoms with E-state index in [-0.39, 0.29) is 4.90 Å². The van der Waals surface area contributed by atoms with Crippen molar-refractivity contribution in [1.82, 2.24) is 4.98 Å². The van der Waals surface area contributed by atoms with Gasteiger partial charge < -0.3 is 0 Å². The minimum Gasteiger partial charge on any atom is -0.279 e. The zero-order chi connectivity index (χ0) is 19.9. The van der Waals surface area contributed by atoms with E-state index in [1.165, 1.54) is 0 Å². The maximum atomic E-state index is 12.8. The van der Waals surface area contributed by atoms with Gasteiger partial charge in [0.15, 0.2) is 0 Å². The fourth-order valence-corrected chi connectivity index (χ4v) is 5.17. The number of anilines is 1. The van der Waals surface area contributed by atoms with E-state index < -0.39 is 10.0 Å². The minimum absolute atomic E-state index is 0.269. The van der Waals surface area contributed by atoms with E-state index >= 15 is 0 Å². The quantitative estimate of drug-likeness (QED) is 0.472. The van der Waals surface area contributed by atoms with Gasteiger partial charge >= 0.3 is 0 Å². The molecule has 28 heavy (non-hydrogen) atoms. The van der Waals surface area contributed by atoms with Crippen LogP contribution in [0.25, 0.3) is 20.8 Å². The molecule has 1 heterocycles. The van der Waals surface area contributed by atoms with Crippen LogP contribution in [0, 0.1) is 20.8 Å². The first kappa shape index (κ1) is 18.7. The zero-order valence-corrected chi connectivity index (χ0v) is 17.5. The van der Waals surface area contributed by atoms with Crippen molar-refractivity contribution in [2.45, 2.75) is 25.7 Å². The standard InChI is InChI=1S/C22H20N2O2S2/c1-14-8-10-18(13-15(14)2)28(25,26)24-19-11-9-17(12-16(19)3)22-23-20-6-4-5-7-21(20)27-22/h4-13,24H,1-3H3. The van der Waals surface area contributed by atoms with Crippen molar-refractivity contribution < 1.29 is 8.42 Å². The van der Waals surface area contributed by atoms with Gasteiger partial charge in [0, 0.05) is 5.56 Å². The summed E-state index contributed by atoms with van der Waals surface area (Å²) in [5.74, 6) is 0. The van der Waals surface area contributed by atoms with E-state index in [1.54, 1.807) is 29.5 Å². The van der Waals surface area contributed by atoms with Gasteiger partial charge in [0.2, 0.25) is 0 Å². The van der Waals surface area contributed by atoms with E-state index in [0.29, 0.717) is 5.69 Å². The molecule has 142 valence electrons. The monoisotopic (exact) mass is 408 g/mol. The number of hydrogen-bond donors (Lipinski definition) is 1. The van der Waals surface area contributed by atoms with Crippen LogP contribution in [0.15, 0.2) is 65.6 Å². The topological polar surface area (TPSA) is 59.1 Å². The second-order valence-corrected chi connectivity index (χ2v) is 9.58. The van der Waals surface area contributed by atoms with Crippen molar-refractivity contribution in [2.24, 2.45) is 0 Å². The first-order valence-electron chi connectivity index (χ1n) is 8.90. The Balaban J connectivity index is 1.65. The van der Waals surface area contributed by atoms with Gasteiger partial charge in [0.1, 0.15) is 5.01 Å². The van der Waals surface area contributed by atoms with Gasteiger partial charge in [0.05, 0.1) is 20.8 Å². The molecular formula is C22H20N2O2S2. The second-order valence-electron chi connectivity index (χ2n) is 6.87. The lowest BCUT2D eigenvalue weighted by molar-refractivity contribution is 0.601.